The number of likely N-dealkylation sites (tertiary alicyclic amines) is 1. The highest BCUT2D eigenvalue weighted by Crippen LogP contribution is 2.30. The van der Waals surface area contributed by atoms with E-state index >= 15 is 0 Å². The van der Waals surface area contributed by atoms with Crippen molar-refractivity contribution in [2.75, 3.05) is 68.1 Å². The average Bonchev–Trinajstić information content (AvgIpc) is 3.64. The molecule has 1 aromatic carbocycles. The molecule has 3 rings (SSSR count). The Labute approximate surface area is 318 Å². The molecule has 2 fully saturated rings. The summed E-state index contributed by atoms with van der Waals surface area (Å²) in [5.74, 6) is -0.358. The molecule has 2 N–H and O–H groups in total. The van der Waals surface area contributed by atoms with Crippen LogP contribution in [-0.4, -0.2) is 154 Å². The van der Waals surface area contributed by atoms with Gasteiger partial charge in [-0.15, -0.1) is 0 Å². The van der Waals surface area contributed by atoms with E-state index in [1.165, 1.54) is 0 Å². The third-order valence-corrected chi connectivity index (χ3v) is 11.0. The quantitative estimate of drug-likeness (QED) is 0.132. The summed E-state index contributed by atoms with van der Waals surface area (Å²) in [7, 11) is 8.89. The fourth-order valence-electron chi connectivity index (χ4n) is 7.79. The molecular weight excluding hydrogens is 674 g/mol. The number of benzene rings is 1. The minimum atomic E-state index is -0.677. The van der Waals surface area contributed by atoms with Gasteiger partial charge in [-0.2, -0.15) is 0 Å². The molecule has 0 unspecified atom stereocenters. The van der Waals surface area contributed by atoms with Gasteiger partial charge in [0.1, 0.15) is 12.3 Å². The van der Waals surface area contributed by atoms with Crippen LogP contribution >= 0.6 is 0 Å². The predicted octanol–water partition coefficient (Wildman–Crippen LogP) is 2.68. The van der Waals surface area contributed by atoms with E-state index in [1.54, 1.807) is 26.0 Å². The van der Waals surface area contributed by atoms with Crippen molar-refractivity contribution in [2.45, 2.75) is 103 Å². The third-order valence-electron chi connectivity index (χ3n) is 11.0. The van der Waals surface area contributed by atoms with Gasteiger partial charge in [0.05, 0.1) is 42.7 Å². The van der Waals surface area contributed by atoms with Crippen LogP contribution in [0, 0.1) is 17.8 Å². The van der Waals surface area contributed by atoms with Gasteiger partial charge in [0.2, 0.25) is 17.7 Å². The maximum absolute atomic E-state index is 14.4. The van der Waals surface area contributed by atoms with E-state index in [1.807, 2.05) is 75.1 Å². The number of methoxy groups -OCH3 is 2. The molecule has 53 heavy (non-hydrogen) atoms. The van der Waals surface area contributed by atoms with Crippen LogP contribution in [-0.2, 0) is 35.1 Å². The summed E-state index contributed by atoms with van der Waals surface area (Å²) < 4.78 is 12.0. The first kappa shape index (κ1) is 43.9. The van der Waals surface area contributed by atoms with Gasteiger partial charge in [-0.1, -0.05) is 71.4 Å². The van der Waals surface area contributed by atoms with Crippen molar-refractivity contribution >= 4 is 30.0 Å². The molecule has 0 aromatic heterocycles. The first-order valence-corrected chi connectivity index (χ1v) is 19.4. The van der Waals surface area contributed by atoms with Crippen LogP contribution in [0.15, 0.2) is 35.3 Å². The summed E-state index contributed by atoms with van der Waals surface area (Å²) in [4.78, 5) is 66.9. The number of hydrogen-bond donors (Lipinski definition) is 2. The van der Waals surface area contributed by atoms with E-state index in [4.69, 9.17) is 14.5 Å². The van der Waals surface area contributed by atoms with Crippen molar-refractivity contribution in [3.8, 4) is 0 Å². The number of carbonyl (C=O) groups is 4. The zero-order valence-electron chi connectivity index (χ0n) is 33.9. The van der Waals surface area contributed by atoms with Gasteiger partial charge >= 0.3 is 0 Å². The normalized spacial score (nSPS) is 20.6. The summed E-state index contributed by atoms with van der Waals surface area (Å²) in [6.45, 7) is 13.9. The number of nitrogens with one attached hydrogen (secondary N) is 2. The van der Waals surface area contributed by atoms with E-state index in [0.29, 0.717) is 19.4 Å². The van der Waals surface area contributed by atoms with Crippen molar-refractivity contribution in [1.82, 2.24) is 30.2 Å². The molecule has 13 nitrogen and oxygen atoms in total. The molecule has 2 aliphatic rings. The Morgan fingerprint density at radius 3 is 2.23 bits per heavy atom. The lowest BCUT2D eigenvalue weighted by Gasteiger charge is -2.40. The minimum Gasteiger partial charge on any atom is -0.379 e. The van der Waals surface area contributed by atoms with Gasteiger partial charge in [-0.3, -0.25) is 14.4 Å². The predicted molar refractivity (Wildman–Crippen MR) is 208 cm³/mol. The summed E-state index contributed by atoms with van der Waals surface area (Å²) in [6, 6.07) is 7.55. The van der Waals surface area contributed by atoms with E-state index < -0.39 is 30.2 Å². The number of ether oxygens (including phenoxy) is 2. The van der Waals surface area contributed by atoms with Gasteiger partial charge in [0.15, 0.2) is 5.96 Å². The van der Waals surface area contributed by atoms with E-state index in [-0.39, 0.29) is 48.1 Å². The Balaban J connectivity index is 1.79. The van der Waals surface area contributed by atoms with Gasteiger partial charge < -0.3 is 44.5 Å². The van der Waals surface area contributed by atoms with Crippen LogP contribution in [0.4, 0.5) is 0 Å². The lowest BCUT2D eigenvalue weighted by molar-refractivity contribution is -0.146. The Morgan fingerprint density at radius 1 is 1.02 bits per heavy atom. The number of amides is 3. The standard InChI is InChI=1S/C40H67N7O6/c1-11-28(4)36(45(8)39(51)35(27(2)3)43-40(44(6)7)46-22-19-41-20-23-46)33(52-9)25-34(49)47-21-15-18-32(47)37(53-10)29(5)38(50)42-31(26-48)24-30-16-13-12-14-17-30/h12-14,16-17,26-29,31-33,35-37,41H,11,15,18-25H2,1-10H3,(H,42,50)/t28-,29+,31-,32-,33+,35-,36-,37+/m0/s1. The first-order chi connectivity index (χ1) is 25.3. The molecule has 13 heteroatoms. The molecule has 0 saturated carbocycles. The molecular formula is C40H67N7O6. The molecule has 2 saturated heterocycles. The molecule has 0 spiro atoms. The summed E-state index contributed by atoms with van der Waals surface area (Å²) >= 11 is 0. The summed E-state index contributed by atoms with van der Waals surface area (Å²) in [6.07, 6.45) is 2.31. The Morgan fingerprint density at radius 2 is 1.68 bits per heavy atom. The zero-order valence-corrected chi connectivity index (χ0v) is 33.9. The molecule has 0 bridgehead atoms. The molecule has 2 heterocycles. The SMILES string of the molecule is CC[C@H](C)[C@@H]([C@@H](CC(=O)N1CCC[C@H]1[C@H](OC)[C@@H](C)C(=O)N[C@H](C=O)Cc1ccccc1)OC)N(C)C(=O)[C@@H](N=C(N(C)C)N1CCNCC1)C(C)C. The number of rotatable bonds is 18. The maximum atomic E-state index is 14.4. The number of carbonyl (C=O) groups excluding carboxylic acids is 4. The van der Waals surface area contributed by atoms with Gasteiger partial charge in [-0.25, -0.2) is 4.99 Å². The lowest BCUT2D eigenvalue weighted by Crippen LogP contribution is -2.55. The van der Waals surface area contributed by atoms with Gasteiger partial charge in [-0.05, 0) is 36.7 Å². The first-order valence-electron chi connectivity index (χ1n) is 19.4. The second kappa shape index (κ2) is 21.4. The van der Waals surface area contributed by atoms with Crippen LogP contribution < -0.4 is 10.6 Å². The van der Waals surface area contributed by atoms with E-state index in [2.05, 4.69) is 29.4 Å². The topological polar surface area (TPSA) is 136 Å². The van der Waals surface area contributed by atoms with Crippen LogP contribution in [0.3, 0.4) is 0 Å². The Kier molecular flexibility index (Phi) is 17.7. The number of aliphatic imine (C=N–C) groups is 1. The van der Waals surface area contributed by atoms with Crippen molar-refractivity contribution in [3.63, 3.8) is 0 Å². The maximum Gasteiger partial charge on any atom is 0.247 e. The highest BCUT2D eigenvalue weighted by Gasteiger charge is 2.43. The molecule has 1 aromatic rings. The second-order valence-corrected chi connectivity index (χ2v) is 15.3. The Hall–Kier alpha value is -3.55. The van der Waals surface area contributed by atoms with E-state index in [9.17, 15) is 19.2 Å². The number of hydrogen-bond acceptors (Lipinski definition) is 8. The van der Waals surface area contributed by atoms with Crippen LogP contribution in [0.2, 0.25) is 0 Å². The van der Waals surface area contributed by atoms with Crippen LogP contribution in [0.25, 0.3) is 0 Å². The highest BCUT2D eigenvalue weighted by molar-refractivity contribution is 5.88. The second-order valence-electron chi connectivity index (χ2n) is 15.3. The number of likely N-dealkylation sites (N-methyl/N-ethyl adjacent to an activating group) is 1. The van der Waals surface area contributed by atoms with Crippen LogP contribution in [0.1, 0.15) is 65.9 Å². The largest absolute Gasteiger partial charge is 0.379 e. The monoisotopic (exact) mass is 742 g/mol. The average molecular weight is 742 g/mol. The third kappa shape index (κ3) is 11.7. The lowest BCUT2D eigenvalue weighted by atomic mass is 9.89. The number of nitrogens with zero attached hydrogens (tertiary/aromatic N) is 5. The number of aldehydes is 1. The molecule has 298 valence electrons. The fraction of sp³-hybridized carbons (Fsp3) is 0.725. The summed E-state index contributed by atoms with van der Waals surface area (Å²) in [5.41, 5.74) is 0.949. The van der Waals surface area contributed by atoms with E-state index in [0.717, 1.165) is 56.8 Å². The van der Waals surface area contributed by atoms with Crippen LogP contribution in [0.5, 0.6) is 0 Å². The molecule has 8 atom stereocenters. The smallest absolute Gasteiger partial charge is 0.247 e. The number of piperazine rings is 1. The van der Waals surface area contributed by atoms with Crippen molar-refractivity contribution < 1.29 is 28.7 Å². The molecule has 3 amide bonds. The molecule has 0 radical (unpaired) electrons. The Bertz CT molecular complexity index is 1340. The van der Waals surface area contributed by atoms with Crippen molar-refractivity contribution in [1.29, 1.82) is 0 Å². The minimum absolute atomic E-state index is 0.0337. The highest BCUT2D eigenvalue weighted by atomic mass is 16.5. The summed E-state index contributed by atoms with van der Waals surface area (Å²) in [5, 5.41) is 6.26. The van der Waals surface area contributed by atoms with Crippen molar-refractivity contribution in [2.24, 2.45) is 22.7 Å². The van der Waals surface area contributed by atoms with Crippen molar-refractivity contribution in [3.05, 3.63) is 35.9 Å². The molecule has 2 aliphatic heterocycles. The molecule has 0 aliphatic carbocycles. The fourth-order valence-corrected chi connectivity index (χ4v) is 7.79. The van der Waals surface area contributed by atoms with Gasteiger partial charge in [0.25, 0.3) is 0 Å². The number of guanidine groups is 1. The van der Waals surface area contributed by atoms with Gasteiger partial charge in [0, 0.05) is 68.1 Å². The zero-order chi connectivity index (χ0) is 39.2.